The molecule has 1 heterocycles. The van der Waals surface area contributed by atoms with Crippen molar-refractivity contribution in [1.82, 2.24) is 4.90 Å². The lowest BCUT2D eigenvalue weighted by Gasteiger charge is -2.12. The fraction of sp³-hybridized carbons (Fsp3) is 0.105. The molecular formula is C19H14I2N2O4S. The van der Waals surface area contributed by atoms with Crippen molar-refractivity contribution in [1.29, 1.82) is 0 Å². The van der Waals surface area contributed by atoms with Gasteiger partial charge in [-0.05, 0) is 99.8 Å². The molecule has 2 aromatic rings. The number of aromatic hydroxyl groups is 1. The second-order valence-electron chi connectivity index (χ2n) is 6.02. The number of carbonyl (C=O) groups excluding carboxylic acids is 3. The number of benzene rings is 2. The number of anilines is 1. The van der Waals surface area contributed by atoms with Gasteiger partial charge in [-0.1, -0.05) is 17.7 Å². The van der Waals surface area contributed by atoms with Gasteiger partial charge in [0.15, 0.2) is 0 Å². The van der Waals surface area contributed by atoms with E-state index in [1.165, 1.54) is 0 Å². The summed E-state index contributed by atoms with van der Waals surface area (Å²) in [7, 11) is 0. The number of hydrogen-bond donors (Lipinski definition) is 2. The number of phenols is 1. The molecule has 9 heteroatoms. The van der Waals surface area contributed by atoms with E-state index in [4.69, 9.17) is 0 Å². The van der Waals surface area contributed by atoms with Crippen LogP contribution in [0.2, 0.25) is 0 Å². The number of amides is 3. The Morgan fingerprint density at radius 1 is 1.18 bits per heavy atom. The summed E-state index contributed by atoms with van der Waals surface area (Å²) in [5.41, 5.74) is 2.36. The van der Waals surface area contributed by atoms with Gasteiger partial charge in [0, 0.05) is 5.69 Å². The van der Waals surface area contributed by atoms with Gasteiger partial charge >= 0.3 is 0 Å². The molecule has 0 bridgehead atoms. The largest absolute Gasteiger partial charge is 0.506 e. The van der Waals surface area contributed by atoms with Crippen molar-refractivity contribution in [2.75, 3.05) is 11.9 Å². The van der Waals surface area contributed by atoms with Gasteiger partial charge < -0.3 is 10.4 Å². The highest BCUT2D eigenvalue weighted by Gasteiger charge is 2.36. The van der Waals surface area contributed by atoms with Gasteiger partial charge in [-0.15, -0.1) is 0 Å². The maximum atomic E-state index is 12.6. The van der Waals surface area contributed by atoms with Crippen molar-refractivity contribution >= 4 is 85.8 Å². The molecule has 1 saturated heterocycles. The Hall–Kier alpha value is -1.60. The number of carbonyl (C=O) groups is 3. The van der Waals surface area contributed by atoms with E-state index in [9.17, 15) is 19.5 Å². The summed E-state index contributed by atoms with van der Waals surface area (Å²) in [6.07, 6.45) is 1.59. The van der Waals surface area contributed by atoms with Crippen LogP contribution in [-0.4, -0.2) is 33.6 Å². The van der Waals surface area contributed by atoms with Gasteiger partial charge in [0.1, 0.15) is 12.3 Å². The lowest BCUT2D eigenvalue weighted by molar-refractivity contribution is -0.127. The molecule has 1 aliphatic rings. The third kappa shape index (κ3) is 4.87. The van der Waals surface area contributed by atoms with Gasteiger partial charge in [-0.3, -0.25) is 19.3 Å². The van der Waals surface area contributed by atoms with Crippen LogP contribution in [0.15, 0.2) is 41.3 Å². The van der Waals surface area contributed by atoms with E-state index in [0.29, 0.717) is 18.4 Å². The normalized spacial score (nSPS) is 15.4. The van der Waals surface area contributed by atoms with Crippen LogP contribution in [0.3, 0.4) is 0 Å². The van der Waals surface area contributed by atoms with E-state index in [1.54, 1.807) is 30.3 Å². The highest BCUT2D eigenvalue weighted by molar-refractivity contribution is 14.1. The lowest BCUT2D eigenvalue weighted by atomic mass is 10.2. The highest BCUT2D eigenvalue weighted by Crippen LogP contribution is 2.34. The molecule has 3 rings (SSSR count). The summed E-state index contributed by atoms with van der Waals surface area (Å²) in [6, 6.07) is 10.7. The molecule has 6 nitrogen and oxygen atoms in total. The summed E-state index contributed by atoms with van der Waals surface area (Å²) in [5, 5.41) is 12.0. The third-order valence-electron chi connectivity index (χ3n) is 3.85. The van der Waals surface area contributed by atoms with Gasteiger partial charge in [0.2, 0.25) is 5.91 Å². The van der Waals surface area contributed by atoms with Crippen molar-refractivity contribution in [2.24, 2.45) is 0 Å². The first-order valence-corrected chi connectivity index (χ1v) is 11.0. The predicted molar refractivity (Wildman–Crippen MR) is 126 cm³/mol. The zero-order valence-electron chi connectivity index (χ0n) is 14.5. The molecule has 144 valence electrons. The van der Waals surface area contributed by atoms with E-state index >= 15 is 0 Å². The number of rotatable bonds is 4. The average Bonchev–Trinajstić information content (AvgIpc) is 2.89. The Labute approximate surface area is 193 Å². The Bertz CT molecular complexity index is 982. The molecule has 3 amide bonds. The maximum Gasteiger partial charge on any atom is 0.294 e. The molecule has 0 radical (unpaired) electrons. The van der Waals surface area contributed by atoms with Crippen LogP contribution in [-0.2, 0) is 9.59 Å². The molecule has 0 unspecified atom stereocenters. The average molecular weight is 620 g/mol. The van der Waals surface area contributed by atoms with Crippen molar-refractivity contribution < 1.29 is 19.5 Å². The van der Waals surface area contributed by atoms with E-state index in [0.717, 1.165) is 22.2 Å². The lowest BCUT2D eigenvalue weighted by Crippen LogP contribution is -2.36. The fourth-order valence-electron chi connectivity index (χ4n) is 2.44. The Kier molecular flexibility index (Phi) is 6.65. The summed E-state index contributed by atoms with van der Waals surface area (Å²) in [5.74, 6) is -0.771. The van der Waals surface area contributed by atoms with Crippen molar-refractivity contribution in [3.63, 3.8) is 0 Å². The molecule has 0 atom stereocenters. The first-order valence-electron chi connectivity index (χ1n) is 8.04. The number of halogens is 2. The predicted octanol–water partition coefficient (Wildman–Crippen LogP) is 4.58. The fourth-order valence-corrected chi connectivity index (χ4v) is 5.09. The van der Waals surface area contributed by atoms with E-state index in [2.05, 4.69) is 5.32 Å². The summed E-state index contributed by atoms with van der Waals surface area (Å²) in [4.78, 5) is 38.2. The molecule has 0 saturated carbocycles. The molecule has 2 N–H and O–H groups in total. The second kappa shape index (κ2) is 8.82. The van der Waals surface area contributed by atoms with Crippen LogP contribution in [0, 0.1) is 14.1 Å². The molecule has 0 aromatic heterocycles. The maximum absolute atomic E-state index is 12.6. The molecule has 1 aliphatic heterocycles. The Balaban J connectivity index is 1.72. The van der Waals surface area contributed by atoms with Crippen molar-refractivity contribution in [3.8, 4) is 5.75 Å². The summed E-state index contributed by atoms with van der Waals surface area (Å²) >= 11 is 4.79. The monoisotopic (exact) mass is 620 g/mol. The van der Waals surface area contributed by atoms with E-state index in [1.807, 2.05) is 64.2 Å². The van der Waals surface area contributed by atoms with Gasteiger partial charge in [0.05, 0.1) is 12.0 Å². The third-order valence-corrected chi connectivity index (χ3v) is 6.40. The minimum atomic E-state index is -0.507. The van der Waals surface area contributed by atoms with Crippen LogP contribution in [0.1, 0.15) is 11.1 Å². The topological polar surface area (TPSA) is 86.7 Å². The highest BCUT2D eigenvalue weighted by atomic mass is 127. The standard InChI is InChI=1S/C19H14I2N2O4S/c1-10-2-4-12(5-3-10)22-16(24)9-23-18(26)15(28-19(23)27)8-11-6-13(20)17(25)14(21)7-11/h2-8,25H,9H2,1H3,(H,22,24)/b15-8-. The van der Waals surface area contributed by atoms with Crippen molar-refractivity contribution in [2.45, 2.75) is 6.92 Å². The van der Waals surface area contributed by atoms with Crippen LogP contribution >= 0.6 is 56.9 Å². The minimum Gasteiger partial charge on any atom is -0.506 e. The number of nitrogens with zero attached hydrogens (tertiary/aromatic N) is 1. The molecule has 1 fully saturated rings. The quantitative estimate of drug-likeness (QED) is 0.386. The smallest absolute Gasteiger partial charge is 0.294 e. The van der Waals surface area contributed by atoms with Gasteiger partial charge in [-0.25, -0.2) is 0 Å². The van der Waals surface area contributed by atoms with Crippen molar-refractivity contribution in [3.05, 3.63) is 59.6 Å². The van der Waals surface area contributed by atoms with Crippen LogP contribution in [0.4, 0.5) is 10.5 Å². The number of phenolic OH excluding ortho intramolecular Hbond substituents is 1. The number of nitrogens with one attached hydrogen (secondary N) is 1. The first-order chi connectivity index (χ1) is 13.2. The molecule has 0 spiro atoms. The number of imide groups is 1. The Morgan fingerprint density at radius 3 is 2.39 bits per heavy atom. The van der Waals surface area contributed by atoms with Gasteiger partial charge in [0.25, 0.3) is 11.1 Å². The van der Waals surface area contributed by atoms with E-state index in [-0.39, 0.29) is 17.2 Å². The number of hydrogen-bond acceptors (Lipinski definition) is 5. The minimum absolute atomic E-state index is 0.180. The molecule has 0 aliphatic carbocycles. The first kappa shape index (κ1) is 21.1. The van der Waals surface area contributed by atoms with Crippen LogP contribution in [0.25, 0.3) is 6.08 Å². The zero-order valence-corrected chi connectivity index (χ0v) is 19.7. The van der Waals surface area contributed by atoms with Gasteiger partial charge in [-0.2, -0.15) is 0 Å². The van der Waals surface area contributed by atoms with Crippen LogP contribution in [0.5, 0.6) is 5.75 Å². The SMILES string of the molecule is Cc1ccc(NC(=O)CN2C(=O)S/C(=C\c3cc(I)c(O)c(I)c3)C2=O)cc1. The van der Waals surface area contributed by atoms with Crippen LogP contribution < -0.4 is 5.32 Å². The summed E-state index contributed by atoms with van der Waals surface area (Å²) < 4.78 is 1.29. The Morgan fingerprint density at radius 2 is 1.79 bits per heavy atom. The second-order valence-corrected chi connectivity index (χ2v) is 9.33. The summed E-state index contributed by atoms with van der Waals surface area (Å²) in [6.45, 7) is 1.59. The zero-order chi connectivity index (χ0) is 20.4. The van der Waals surface area contributed by atoms with E-state index < -0.39 is 17.1 Å². The molecule has 28 heavy (non-hydrogen) atoms. The molecular weight excluding hydrogens is 606 g/mol. The molecule has 2 aromatic carbocycles. The number of thioether (sulfide) groups is 1. The number of aryl methyl sites for hydroxylation is 1.